The summed E-state index contributed by atoms with van der Waals surface area (Å²) in [6.07, 6.45) is 0.339. The van der Waals surface area contributed by atoms with Gasteiger partial charge in [-0.05, 0) is 60.6 Å². The van der Waals surface area contributed by atoms with Crippen molar-refractivity contribution in [2.75, 3.05) is 13.2 Å². The maximum atomic E-state index is 14.9. The van der Waals surface area contributed by atoms with Crippen LogP contribution >= 0.6 is 11.6 Å². The summed E-state index contributed by atoms with van der Waals surface area (Å²) in [6, 6.07) is 4.53. The summed E-state index contributed by atoms with van der Waals surface area (Å²) in [4.78, 5) is 43.3. The number of hydrogen-bond donors (Lipinski definition) is 2. The van der Waals surface area contributed by atoms with Gasteiger partial charge in [0.15, 0.2) is 11.6 Å². The zero-order chi connectivity index (χ0) is 31.4. The van der Waals surface area contributed by atoms with Crippen molar-refractivity contribution in [1.82, 2.24) is 20.7 Å². The standard InChI is InChI=1S/C28H33ClFN5O7/c1-15(2)41-25-16(11-31)8-17(12-32-25)23(36)33-34-24(37)19-9-21(30)22(10-20(19)29)39-13-18-14-40-28(6,7)35(18)26(38)42-27(3,4)5/h8-10,12,15,18H,13-14H2,1-7H3,(H,33,36)(H,34,37)/t18-/m0/s1. The van der Waals surface area contributed by atoms with Crippen LogP contribution in [0, 0.1) is 17.1 Å². The number of hydrazine groups is 1. The number of pyridine rings is 1. The molecule has 1 fully saturated rings. The van der Waals surface area contributed by atoms with Gasteiger partial charge in [-0.15, -0.1) is 0 Å². The Balaban J connectivity index is 1.65. The third-order valence-corrected chi connectivity index (χ3v) is 6.05. The lowest BCUT2D eigenvalue weighted by molar-refractivity contribution is -0.0637. The Morgan fingerprint density at radius 1 is 1.24 bits per heavy atom. The van der Waals surface area contributed by atoms with Crippen LogP contribution in [-0.2, 0) is 9.47 Å². The van der Waals surface area contributed by atoms with Crippen molar-refractivity contribution in [2.24, 2.45) is 0 Å². The zero-order valence-corrected chi connectivity index (χ0v) is 25.1. The highest BCUT2D eigenvalue weighted by Crippen LogP contribution is 2.31. The van der Waals surface area contributed by atoms with Crippen LogP contribution < -0.4 is 20.3 Å². The quantitative estimate of drug-likeness (QED) is 0.438. The third-order valence-electron chi connectivity index (χ3n) is 5.73. The number of rotatable bonds is 7. The highest BCUT2D eigenvalue weighted by atomic mass is 35.5. The molecule has 226 valence electrons. The molecule has 2 heterocycles. The van der Waals surface area contributed by atoms with Crippen LogP contribution in [0.4, 0.5) is 9.18 Å². The summed E-state index contributed by atoms with van der Waals surface area (Å²) in [5.41, 5.74) is 2.33. The first-order valence-electron chi connectivity index (χ1n) is 13.0. The Hall–Kier alpha value is -4.15. The van der Waals surface area contributed by atoms with Gasteiger partial charge >= 0.3 is 6.09 Å². The van der Waals surface area contributed by atoms with E-state index < -0.39 is 41.1 Å². The van der Waals surface area contributed by atoms with Crippen LogP contribution in [0.1, 0.15) is 74.7 Å². The first kappa shape index (κ1) is 32.4. The van der Waals surface area contributed by atoms with Crippen LogP contribution in [-0.4, -0.2) is 64.5 Å². The number of amides is 3. The topological polar surface area (TPSA) is 152 Å². The van der Waals surface area contributed by atoms with E-state index in [4.69, 9.17) is 30.5 Å². The van der Waals surface area contributed by atoms with E-state index in [2.05, 4.69) is 15.8 Å². The van der Waals surface area contributed by atoms with Gasteiger partial charge in [0.2, 0.25) is 5.88 Å². The molecule has 0 aliphatic carbocycles. The number of hydrogen-bond acceptors (Lipinski definition) is 9. The average Bonchev–Trinajstić information content (AvgIpc) is 3.20. The van der Waals surface area contributed by atoms with Crippen LogP contribution in [0.2, 0.25) is 5.02 Å². The first-order chi connectivity index (χ1) is 19.5. The molecule has 3 rings (SSSR count). The molecule has 1 aliphatic heterocycles. The summed E-state index contributed by atoms with van der Waals surface area (Å²) < 4.78 is 37.2. The van der Waals surface area contributed by atoms with Crippen molar-refractivity contribution < 1.29 is 37.7 Å². The normalized spacial score (nSPS) is 16.0. The Morgan fingerprint density at radius 3 is 2.52 bits per heavy atom. The van der Waals surface area contributed by atoms with Gasteiger partial charge in [0, 0.05) is 12.3 Å². The van der Waals surface area contributed by atoms with E-state index in [1.54, 1.807) is 48.5 Å². The summed E-state index contributed by atoms with van der Waals surface area (Å²) in [6.45, 7) is 12.1. The maximum Gasteiger partial charge on any atom is 0.413 e. The molecule has 0 spiro atoms. The Morgan fingerprint density at radius 2 is 1.90 bits per heavy atom. The molecule has 14 heteroatoms. The predicted octanol–water partition coefficient (Wildman–Crippen LogP) is 4.36. The molecular formula is C28H33ClFN5O7. The summed E-state index contributed by atoms with van der Waals surface area (Å²) >= 11 is 6.23. The van der Waals surface area contributed by atoms with E-state index in [0.717, 1.165) is 12.1 Å². The Kier molecular flexibility index (Phi) is 9.86. The molecule has 2 N–H and O–H groups in total. The van der Waals surface area contributed by atoms with Crippen molar-refractivity contribution in [3.05, 3.63) is 51.9 Å². The van der Waals surface area contributed by atoms with E-state index >= 15 is 0 Å². The number of aromatic nitrogens is 1. The van der Waals surface area contributed by atoms with Crippen LogP contribution in [0.25, 0.3) is 0 Å². The van der Waals surface area contributed by atoms with Gasteiger partial charge in [-0.2, -0.15) is 5.26 Å². The largest absolute Gasteiger partial charge is 0.488 e. The second-order valence-corrected chi connectivity index (χ2v) is 11.5. The van der Waals surface area contributed by atoms with Crippen molar-refractivity contribution in [1.29, 1.82) is 5.26 Å². The molecule has 0 bridgehead atoms. The fourth-order valence-electron chi connectivity index (χ4n) is 3.91. The second-order valence-electron chi connectivity index (χ2n) is 11.1. The number of halogens is 2. The number of nitriles is 1. The van der Waals surface area contributed by atoms with Crippen LogP contribution in [0.5, 0.6) is 11.6 Å². The van der Waals surface area contributed by atoms with Gasteiger partial charge in [-0.3, -0.25) is 25.3 Å². The molecule has 1 saturated heterocycles. The molecule has 0 unspecified atom stereocenters. The fraction of sp³-hybridized carbons (Fsp3) is 0.464. The molecule has 3 amide bonds. The number of carbonyl (C=O) groups is 3. The zero-order valence-electron chi connectivity index (χ0n) is 24.3. The Labute approximate surface area is 248 Å². The molecule has 1 aromatic heterocycles. The SMILES string of the molecule is CC(C)Oc1ncc(C(=O)NNC(=O)c2cc(F)c(OC[C@H]3COC(C)(C)N3C(=O)OC(C)(C)C)cc2Cl)cc1C#N. The molecular weight excluding hydrogens is 573 g/mol. The lowest BCUT2D eigenvalue weighted by atomic mass is 10.2. The molecule has 0 saturated carbocycles. The molecule has 1 aromatic carbocycles. The monoisotopic (exact) mass is 605 g/mol. The highest BCUT2D eigenvalue weighted by Gasteiger charge is 2.46. The average molecular weight is 606 g/mol. The van der Waals surface area contributed by atoms with E-state index in [0.29, 0.717) is 0 Å². The van der Waals surface area contributed by atoms with Crippen molar-refractivity contribution >= 4 is 29.5 Å². The van der Waals surface area contributed by atoms with Crippen molar-refractivity contribution in [3.63, 3.8) is 0 Å². The summed E-state index contributed by atoms with van der Waals surface area (Å²) in [7, 11) is 0. The van der Waals surface area contributed by atoms with E-state index in [1.165, 1.54) is 17.2 Å². The molecule has 0 radical (unpaired) electrons. The van der Waals surface area contributed by atoms with Gasteiger partial charge < -0.3 is 18.9 Å². The lowest BCUT2D eigenvalue weighted by Gasteiger charge is -2.35. The van der Waals surface area contributed by atoms with Crippen LogP contribution in [0.15, 0.2) is 24.4 Å². The summed E-state index contributed by atoms with van der Waals surface area (Å²) in [5, 5.41) is 9.16. The minimum atomic E-state index is -0.977. The van der Waals surface area contributed by atoms with Crippen molar-refractivity contribution in [2.45, 2.75) is 71.9 Å². The van der Waals surface area contributed by atoms with Gasteiger partial charge in [-0.1, -0.05) is 11.6 Å². The number of nitrogens with zero attached hydrogens (tertiary/aromatic N) is 3. The van der Waals surface area contributed by atoms with E-state index in [-0.39, 0.29) is 52.7 Å². The number of nitrogens with one attached hydrogen (secondary N) is 2. The Bertz CT molecular complexity index is 1400. The third kappa shape index (κ3) is 7.98. The smallest absolute Gasteiger partial charge is 0.413 e. The van der Waals surface area contributed by atoms with Crippen LogP contribution in [0.3, 0.4) is 0 Å². The van der Waals surface area contributed by atoms with Gasteiger partial charge in [-0.25, -0.2) is 14.2 Å². The lowest BCUT2D eigenvalue weighted by Crippen LogP contribution is -2.51. The van der Waals surface area contributed by atoms with Crippen molar-refractivity contribution in [3.8, 4) is 17.7 Å². The molecule has 42 heavy (non-hydrogen) atoms. The van der Waals surface area contributed by atoms with E-state index in [1.807, 2.05) is 6.07 Å². The van der Waals surface area contributed by atoms with Gasteiger partial charge in [0.05, 0.1) is 34.9 Å². The minimum absolute atomic E-state index is 0.0246. The maximum absolute atomic E-state index is 14.9. The van der Waals surface area contributed by atoms with Gasteiger partial charge in [0.1, 0.15) is 29.6 Å². The second kappa shape index (κ2) is 12.8. The van der Waals surface area contributed by atoms with E-state index in [9.17, 15) is 24.0 Å². The predicted molar refractivity (Wildman–Crippen MR) is 148 cm³/mol. The van der Waals surface area contributed by atoms with Gasteiger partial charge in [0.25, 0.3) is 11.8 Å². The number of benzene rings is 1. The molecule has 12 nitrogen and oxygen atoms in total. The first-order valence-corrected chi connectivity index (χ1v) is 13.4. The number of ether oxygens (including phenoxy) is 4. The molecule has 1 aliphatic rings. The highest BCUT2D eigenvalue weighted by molar-refractivity contribution is 6.34. The molecule has 2 aromatic rings. The minimum Gasteiger partial charge on any atom is -0.488 e. The molecule has 1 atom stereocenters. The fourth-order valence-corrected chi connectivity index (χ4v) is 4.15. The summed E-state index contributed by atoms with van der Waals surface area (Å²) in [5.74, 6) is -2.78. The number of carbonyl (C=O) groups excluding carboxylic acids is 3.